The SMILES string of the molecule is CCCCCCCCCCCCCCCCC(O)C(C)(C)NO. The highest BCUT2D eigenvalue weighted by molar-refractivity contribution is 4.82. The largest absolute Gasteiger partial charge is 0.391 e. The summed E-state index contributed by atoms with van der Waals surface area (Å²) in [7, 11) is 0. The Kier molecular flexibility index (Phi) is 15.3. The fraction of sp³-hybridized carbons (Fsp3) is 1.00. The Balaban J connectivity index is 3.19. The molecule has 0 saturated heterocycles. The lowest BCUT2D eigenvalue weighted by Crippen LogP contribution is -2.47. The van der Waals surface area contributed by atoms with Gasteiger partial charge < -0.3 is 10.3 Å². The maximum absolute atomic E-state index is 9.95. The number of hydrogen-bond acceptors (Lipinski definition) is 3. The summed E-state index contributed by atoms with van der Waals surface area (Å²) in [6.45, 7) is 5.91. The van der Waals surface area contributed by atoms with Crippen molar-refractivity contribution in [3.63, 3.8) is 0 Å². The number of aliphatic hydroxyl groups excluding tert-OH is 1. The monoisotopic (exact) mass is 329 g/mol. The normalized spacial score (nSPS) is 13.4. The Bertz CT molecular complexity index is 244. The zero-order valence-corrected chi connectivity index (χ0v) is 16.1. The van der Waals surface area contributed by atoms with Gasteiger partial charge in [0.05, 0.1) is 11.6 Å². The molecule has 0 aliphatic carbocycles. The van der Waals surface area contributed by atoms with Gasteiger partial charge >= 0.3 is 0 Å². The van der Waals surface area contributed by atoms with Crippen LogP contribution in [0.2, 0.25) is 0 Å². The van der Waals surface area contributed by atoms with E-state index in [9.17, 15) is 5.11 Å². The molecule has 0 radical (unpaired) electrons. The lowest BCUT2D eigenvalue weighted by Gasteiger charge is -2.28. The van der Waals surface area contributed by atoms with Crippen molar-refractivity contribution in [3.8, 4) is 0 Å². The molecule has 0 fully saturated rings. The first-order chi connectivity index (χ1) is 11.0. The van der Waals surface area contributed by atoms with Crippen LogP contribution in [0.1, 0.15) is 117 Å². The van der Waals surface area contributed by atoms with Crippen molar-refractivity contribution in [3.05, 3.63) is 0 Å². The summed E-state index contributed by atoms with van der Waals surface area (Å²) in [4.78, 5) is 0. The fourth-order valence-electron chi connectivity index (χ4n) is 2.97. The molecular formula is C20H43NO2. The number of hydrogen-bond donors (Lipinski definition) is 3. The molecule has 0 rings (SSSR count). The van der Waals surface area contributed by atoms with Crippen LogP contribution in [0.25, 0.3) is 0 Å². The second kappa shape index (κ2) is 15.4. The van der Waals surface area contributed by atoms with Gasteiger partial charge in [-0.1, -0.05) is 96.8 Å². The minimum absolute atomic E-state index is 0.482. The fourth-order valence-corrected chi connectivity index (χ4v) is 2.97. The van der Waals surface area contributed by atoms with E-state index >= 15 is 0 Å². The zero-order chi connectivity index (χ0) is 17.4. The van der Waals surface area contributed by atoms with Gasteiger partial charge in [0, 0.05) is 0 Å². The first kappa shape index (κ1) is 22.9. The second-order valence-electron chi connectivity index (χ2n) is 7.73. The summed E-state index contributed by atoms with van der Waals surface area (Å²) >= 11 is 0. The molecule has 0 aromatic heterocycles. The molecule has 3 nitrogen and oxygen atoms in total. The Morgan fingerprint density at radius 2 is 1.04 bits per heavy atom. The lowest BCUT2D eigenvalue weighted by molar-refractivity contribution is -0.0134. The summed E-state index contributed by atoms with van der Waals surface area (Å²) < 4.78 is 0. The first-order valence-corrected chi connectivity index (χ1v) is 10.1. The van der Waals surface area contributed by atoms with Crippen LogP contribution in [0.15, 0.2) is 0 Å². The molecule has 3 N–H and O–H groups in total. The molecule has 0 aromatic rings. The van der Waals surface area contributed by atoms with E-state index in [-0.39, 0.29) is 0 Å². The number of hydroxylamine groups is 1. The maximum atomic E-state index is 9.95. The summed E-state index contributed by atoms with van der Waals surface area (Å²) in [6.07, 6.45) is 19.2. The Morgan fingerprint density at radius 1 is 0.696 bits per heavy atom. The molecule has 1 unspecified atom stereocenters. The molecule has 0 amide bonds. The van der Waals surface area contributed by atoms with Gasteiger partial charge in [0.1, 0.15) is 0 Å². The quantitative estimate of drug-likeness (QED) is 0.227. The van der Waals surface area contributed by atoms with Gasteiger partial charge in [0.25, 0.3) is 0 Å². The van der Waals surface area contributed by atoms with Gasteiger partial charge in [0.15, 0.2) is 0 Å². The van der Waals surface area contributed by atoms with Crippen molar-refractivity contribution < 1.29 is 10.3 Å². The van der Waals surface area contributed by atoms with E-state index in [1.54, 1.807) is 0 Å². The molecule has 0 bridgehead atoms. The molecule has 3 heteroatoms. The molecule has 23 heavy (non-hydrogen) atoms. The lowest BCUT2D eigenvalue weighted by atomic mass is 9.93. The van der Waals surface area contributed by atoms with E-state index in [2.05, 4.69) is 12.4 Å². The number of aliphatic hydroxyl groups is 1. The van der Waals surface area contributed by atoms with Crippen LogP contribution in [0.3, 0.4) is 0 Å². The van der Waals surface area contributed by atoms with Crippen LogP contribution in [0, 0.1) is 0 Å². The second-order valence-corrected chi connectivity index (χ2v) is 7.73. The van der Waals surface area contributed by atoms with Crippen molar-refractivity contribution >= 4 is 0 Å². The van der Waals surface area contributed by atoms with E-state index in [0.29, 0.717) is 0 Å². The third kappa shape index (κ3) is 14.0. The van der Waals surface area contributed by atoms with E-state index in [1.807, 2.05) is 13.8 Å². The van der Waals surface area contributed by atoms with Gasteiger partial charge in [-0.25, -0.2) is 0 Å². The minimum Gasteiger partial charge on any atom is -0.391 e. The molecule has 0 aromatic carbocycles. The van der Waals surface area contributed by atoms with Gasteiger partial charge in [0.2, 0.25) is 0 Å². The van der Waals surface area contributed by atoms with Gasteiger partial charge in [-0.05, 0) is 20.3 Å². The van der Waals surface area contributed by atoms with Crippen molar-refractivity contribution in [1.82, 2.24) is 5.48 Å². The maximum Gasteiger partial charge on any atom is 0.0738 e. The van der Waals surface area contributed by atoms with E-state index in [0.717, 1.165) is 12.8 Å². The van der Waals surface area contributed by atoms with Crippen molar-refractivity contribution in [1.29, 1.82) is 0 Å². The highest BCUT2D eigenvalue weighted by atomic mass is 16.5. The molecule has 0 heterocycles. The number of rotatable bonds is 17. The van der Waals surface area contributed by atoms with E-state index < -0.39 is 11.6 Å². The average molecular weight is 330 g/mol. The first-order valence-electron chi connectivity index (χ1n) is 10.1. The van der Waals surface area contributed by atoms with Crippen LogP contribution in [0.4, 0.5) is 0 Å². The third-order valence-corrected chi connectivity index (χ3v) is 4.95. The van der Waals surface area contributed by atoms with Gasteiger partial charge in [-0.2, -0.15) is 5.48 Å². The predicted molar refractivity (Wildman–Crippen MR) is 99.9 cm³/mol. The highest BCUT2D eigenvalue weighted by Gasteiger charge is 2.26. The van der Waals surface area contributed by atoms with E-state index in [4.69, 9.17) is 5.21 Å². The zero-order valence-electron chi connectivity index (χ0n) is 16.1. The van der Waals surface area contributed by atoms with Crippen LogP contribution in [0.5, 0.6) is 0 Å². The van der Waals surface area contributed by atoms with Crippen LogP contribution in [-0.2, 0) is 0 Å². The average Bonchev–Trinajstić information content (AvgIpc) is 2.54. The predicted octanol–water partition coefficient (Wildman–Crippen LogP) is 5.98. The van der Waals surface area contributed by atoms with Crippen LogP contribution in [-0.4, -0.2) is 22.0 Å². The topological polar surface area (TPSA) is 52.5 Å². The number of unbranched alkanes of at least 4 members (excludes halogenated alkanes) is 13. The van der Waals surface area contributed by atoms with Crippen molar-refractivity contribution in [2.75, 3.05) is 0 Å². The molecule has 0 spiro atoms. The number of nitrogens with one attached hydrogen (secondary N) is 1. The molecule has 0 saturated carbocycles. The van der Waals surface area contributed by atoms with Crippen molar-refractivity contribution in [2.45, 2.75) is 129 Å². The Morgan fingerprint density at radius 3 is 1.39 bits per heavy atom. The van der Waals surface area contributed by atoms with Crippen LogP contribution >= 0.6 is 0 Å². The van der Waals surface area contributed by atoms with Crippen LogP contribution < -0.4 is 5.48 Å². The van der Waals surface area contributed by atoms with E-state index in [1.165, 1.54) is 83.5 Å². The Labute approximate surface area is 145 Å². The minimum atomic E-state index is -0.601. The molecule has 1 atom stereocenters. The summed E-state index contributed by atoms with van der Waals surface area (Å²) in [5.74, 6) is 0. The molecule has 0 aliphatic heterocycles. The molecule has 140 valence electrons. The van der Waals surface area contributed by atoms with Crippen molar-refractivity contribution in [2.24, 2.45) is 0 Å². The third-order valence-electron chi connectivity index (χ3n) is 4.95. The smallest absolute Gasteiger partial charge is 0.0738 e. The highest BCUT2D eigenvalue weighted by Crippen LogP contribution is 2.17. The molecular weight excluding hydrogens is 286 g/mol. The van der Waals surface area contributed by atoms with Gasteiger partial charge in [-0.3, -0.25) is 0 Å². The summed E-state index contributed by atoms with van der Waals surface area (Å²) in [6, 6.07) is 0. The molecule has 0 aliphatic rings. The summed E-state index contributed by atoms with van der Waals surface area (Å²) in [5, 5.41) is 18.9. The standard InChI is InChI=1S/C20H43NO2/c1-4-5-6-7-8-9-10-11-12-13-14-15-16-17-18-19(22)20(2,3)21-23/h19,21-23H,4-18H2,1-3H3. The summed E-state index contributed by atoms with van der Waals surface area (Å²) in [5.41, 5.74) is 1.59. The van der Waals surface area contributed by atoms with Gasteiger partial charge in [-0.15, -0.1) is 0 Å². The Hall–Kier alpha value is -0.120.